The van der Waals surface area contributed by atoms with Gasteiger partial charge in [0, 0.05) is 48.7 Å². The molecule has 3 aromatic carbocycles. The maximum atomic E-state index is 14.7. The molecule has 2 aliphatic rings. The van der Waals surface area contributed by atoms with Gasteiger partial charge >= 0.3 is 0 Å². The van der Waals surface area contributed by atoms with Gasteiger partial charge in [-0.15, -0.1) is 11.3 Å². The molecule has 6 rings (SSSR count). The van der Waals surface area contributed by atoms with Crippen LogP contribution in [0.25, 0.3) is 10.1 Å². The van der Waals surface area contributed by atoms with E-state index in [4.69, 9.17) is 9.47 Å². The van der Waals surface area contributed by atoms with Crippen molar-refractivity contribution in [2.75, 3.05) is 56.6 Å². The zero-order chi connectivity index (χ0) is 32.3. The Morgan fingerprint density at radius 2 is 1.51 bits per heavy atom. The maximum Gasteiger partial charge on any atom is 0.265 e. The SMILES string of the molecule is CC.CC.CCN1CCN(Cc2ccc3cc(C(=O)Nc4cc(NC(=O)c5ccc6c(c5)OCCO6)ccc4F)sc3c2)CC1. The van der Waals surface area contributed by atoms with Gasteiger partial charge in [0.25, 0.3) is 11.8 Å². The van der Waals surface area contributed by atoms with Gasteiger partial charge in [-0.25, -0.2) is 4.39 Å². The molecule has 2 aliphatic heterocycles. The summed E-state index contributed by atoms with van der Waals surface area (Å²) in [5.41, 5.74) is 1.92. The summed E-state index contributed by atoms with van der Waals surface area (Å²) in [7, 11) is 0. The first-order valence-electron chi connectivity index (χ1n) is 15.7. The topological polar surface area (TPSA) is 83.1 Å². The molecular formula is C35H43FN4O4S. The Kier molecular flexibility index (Phi) is 12.3. The molecule has 2 amide bonds. The third-order valence-electron chi connectivity index (χ3n) is 7.40. The normalized spacial score (nSPS) is 14.4. The van der Waals surface area contributed by atoms with E-state index in [1.165, 1.54) is 35.1 Å². The average molecular weight is 635 g/mol. The highest BCUT2D eigenvalue weighted by atomic mass is 32.1. The molecule has 0 radical (unpaired) electrons. The van der Waals surface area contributed by atoms with Gasteiger partial charge < -0.3 is 25.0 Å². The molecule has 0 aliphatic carbocycles. The molecule has 1 saturated heterocycles. The van der Waals surface area contributed by atoms with Gasteiger partial charge in [-0.1, -0.05) is 46.8 Å². The molecule has 1 aromatic heterocycles. The van der Waals surface area contributed by atoms with Crippen LogP contribution in [0.5, 0.6) is 11.5 Å². The van der Waals surface area contributed by atoms with Crippen molar-refractivity contribution in [1.82, 2.24) is 9.80 Å². The Morgan fingerprint density at radius 3 is 2.24 bits per heavy atom. The van der Waals surface area contributed by atoms with E-state index in [-0.39, 0.29) is 5.69 Å². The van der Waals surface area contributed by atoms with Crippen molar-refractivity contribution in [2.45, 2.75) is 41.2 Å². The smallest absolute Gasteiger partial charge is 0.265 e. The molecule has 0 atom stereocenters. The number of hydrogen-bond acceptors (Lipinski definition) is 7. The van der Waals surface area contributed by atoms with Gasteiger partial charge in [0.1, 0.15) is 19.0 Å². The fourth-order valence-corrected chi connectivity index (χ4v) is 6.10. The lowest BCUT2D eigenvalue weighted by molar-refractivity contribution is 0.102. The Morgan fingerprint density at radius 1 is 0.800 bits per heavy atom. The van der Waals surface area contributed by atoms with E-state index in [0.29, 0.717) is 40.8 Å². The fourth-order valence-electron chi connectivity index (χ4n) is 5.08. The van der Waals surface area contributed by atoms with Gasteiger partial charge in [0.15, 0.2) is 11.5 Å². The summed E-state index contributed by atoms with van der Waals surface area (Å²) in [5.74, 6) is -0.304. The number of nitrogens with zero attached hydrogens (tertiary/aromatic N) is 2. The number of rotatable bonds is 7. The first-order valence-corrected chi connectivity index (χ1v) is 16.6. The predicted octanol–water partition coefficient (Wildman–Crippen LogP) is 7.51. The molecular weight excluding hydrogens is 591 g/mol. The molecule has 10 heteroatoms. The number of benzene rings is 3. The van der Waals surface area contributed by atoms with E-state index in [1.54, 1.807) is 18.2 Å². The standard InChI is InChI=1S/C31H31FN4O4S.2C2H6/c1-2-35-9-11-36(12-10-35)19-20-3-4-21-17-29(41-28(21)15-20)31(38)34-25-18-23(6-7-24(25)32)33-30(37)22-5-8-26-27(16-22)40-14-13-39-26;2*1-2/h3-8,15-18H,2,9-14,19H2,1H3,(H,33,37)(H,34,38);2*1-2H3. The maximum absolute atomic E-state index is 14.7. The van der Waals surface area contributed by atoms with E-state index >= 15 is 0 Å². The minimum atomic E-state index is -0.595. The van der Waals surface area contributed by atoms with Crippen LogP contribution in [0.3, 0.4) is 0 Å². The van der Waals surface area contributed by atoms with Crippen LogP contribution in [0.2, 0.25) is 0 Å². The van der Waals surface area contributed by atoms with Gasteiger partial charge in [-0.3, -0.25) is 14.5 Å². The van der Waals surface area contributed by atoms with Gasteiger partial charge in [-0.05, 0) is 66.0 Å². The number of likely N-dealkylation sites (N-methyl/N-ethyl adjacent to an activating group) is 1. The molecule has 1 fully saturated rings. The number of thiophene rings is 1. The van der Waals surface area contributed by atoms with E-state index in [2.05, 4.69) is 39.5 Å². The summed E-state index contributed by atoms with van der Waals surface area (Å²) in [5, 5.41) is 6.40. The number of carbonyl (C=O) groups excluding carboxylic acids is 2. The van der Waals surface area contributed by atoms with Crippen molar-refractivity contribution in [3.8, 4) is 11.5 Å². The molecule has 3 heterocycles. The number of fused-ring (bicyclic) bond motifs is 2. The Hall–Kier alpha value is -3.99. The second-order valence-corrected chi connectivity index (χ2v) is 11.2. The molecule has 4 aromatic rings. The predicted molar refractivity (Wildman–Crippen MR) is 182 cm³/mol. The second kappa shape index (κ2) is 16.4. The third-order valence-corrected chi connectivity index (χ3v) is 8.50. The van der Waals surface area contributed by atoms with Crippen LogP contribution in [0, 0.1) is 5.82 Å². The highest BCUT2D eigenvalue weighted by molar-refractivity contribution is 7.20. The summed E-state index contributed by atoms with van der Waals surface area (Å²) < 4.78 is 26.7. The molecule has 0 saturated carbocycles. The number of ether oxygens (including phenoxy) is 2. The summed E-state index contributed by atoms with van der Waals surface area (Å²) in [6.45, 7) is 17.3. The number of anilines is 2. The van der Waals surface area contributed by atoms with Crippen molar-refractivity contribution >= 4 is 44.6 Å². The van der Waals surface area contributed by atoms with Gasteiger partial charge in [0.05, 0.1) is 10.6 Å². The number of piperazine rings is 1. The van der Waals surface area contributed by atoms with Crippen molar-refractivity contribution in [1.29, 1.82) is 0 Å². The summed E-state index contributed by atoms with van der Waals surface area (Å²) in [6, 6.07) is 17.1. The number of amides is 2. The molecule has 240 valence electrons. The molecule has 0 spiro atoms. The highest BCUT2D eigenvalue weighted by Crippen LogP contribution is 2.32. The van der Waals surface area contributed by atoms with E-state index in [9.17, 15) is 14.0 Å². The van der Waals surface area contributed by atoms with Crippen LogP contribution in [0.1, 0.15) is 60.2 Å². The minimum Gasteiger partial charge on any atom is -0.486 e. The van der Waals surface area contributed by atoms with E-state index in [0.717, 1.165) is 49.4 Å². The van der Waals surface area contributed by atoms with E-state index < -0.39 is 17.6 Å². The third kappa shape index (κ3) is 8.59. The zero-order valence-corrected chi connectivity index (χ0v) is 27.6. The van der Waals surface area contributed by atoms with Gasteiger partial charge in [0.2, 0.25) is 0 Å². The van der Waals surface area contributed by atoms with Crippen LogP contribution in [-0.4, -0.2) is 67.6 Å². The Labute approximate surface area is 269 Å². The molecule has 2 N–H and O–H groups in total. The molecule has 0 bridgehead atoms. The zero-order valence-electron chi connectivity index (χ0n) is 26.7. The number of halogens is 1. The number of carbonyl (C=O) groups is 2. The average Bonchev–Trinajstić information content (AvgIpc) is 3.52. The highest BCUT2D eigenvalue weighted by Gasteiger charge is 2.19. The lowest BCUT2D eigenvalue weighted by Gasteiger charge is -2.34. The van der Waals surface area contributed by atoms with Crippen LogP contribution in [-0.2, 0) is 6.54 Å². The van der Waals surface area contributed by atoms with Crippen LogP contribution >= 0.6 is 11.3 Å². The molecule has 8 nitrogen and oxygen atoms in total. The first-order chi connectivity index (χ1) is 21.9. The monoisotopic (exact) mass is 634 g/mol. The van der Waals surface area contributed by atoms with Crippen molar-refractivity contribution in [3.05, 3.63) is 82.5 Å². The molecule has 45 heavy (non-hydrogen) atoms. The van der Waals surface area contributed by atoms with Crippen molar-refractivity contribution < 1.29 is 23.5 Å². The fraction of sp³-hybridized carbons (Fsp3) is 0.371. The second-order valence-electron chi connectivity index (χ2n) is 10.2. The van der Waals surface area contributed by atoms with Crippen LogP contribution in [0.15, 0.2) is 60.7 Å². The van der Waals surface area contributed by atoms with E-state index in [1.807, 2.05) is 39.8 Å². The lowest BCUT2D eigenvalue weighted by Crippen LogP contribution is -2.45. The largest absolute Gasteiger partial charge is 0.486 e. The minimum absolute atomic E-state index is 0.0145. The van der Waals surface area contributed by atoms with Crippen LogP contribution in [0.4, 0.5) is 15.8 Å². The first kappa shape index (κ1) is 33.9. The van der Waals surface area contributed by atoms with Crippen molar-refractivity contribution in [2.24, 2.45) is 0 Å². The number of hydrogen-bond donors (Lipinski definition) is 2. The molecule has 0 unspecified atom stereocenters. The summed E-state index contributed by atoms with van der Waals surface area (Å²) >= 11 is 1.38. The van der Waals surface area contributed by atoms with Crippen molar-refractivity contribution in [3.63, 3.8) is 0 Å². The Balaban J connectivity index is 0.00000111. The quantitative estimate of drug-likeness (QED) is 0.219. The van der Waals surface area contributed by atoms with Gasteiger partial charge in [-0.2, -0.15) is 0 Å². The number of nitrogens with one attached hydrogen (secondary N) is 2. The lowest BCUT2D eigenvalue weighted by atomic mass is 10.1. The summed E-state index contributed by atoms with van der Waals surface area (Å²) in [6.07, 6.45) is 0. The Bertz CT molecular complexity index is 1600. The van der Waals surface area contributed by atoms with Crippen LogP contribution < -0.4 is 20.1 Å². The summed E-state index contributed by atoms with van der Waals surface area (Å²) in [4.78, 5) is 31.3.